The molecule has 2 rings (SSSR count). The summed E-state index contributed by atoms with van der Waals surface area (Å²) >= 11 is 0. The van der Waals surface area contributed by atoms with E-state index in [1.807, 2.05) is 0 Å². The average molecular weight is 252 g/mol. The summed E-state index contributed by atoms with van der Waals surface area (Å²) < 4.78 is 18.2. The maximum absolute atomic E-state index is 13.2. The predicted octanol–water partition coefficient (Wildman–Crippen LogP) is 0.420. The summed E-state index contributed by atoms with van der Waals surface area (Å²) in [5.41, 5.74) is 5.93. The number of halogens is 1. The Morgan fingerprint density at radius 3 is 2.78 bits per heavy atom. The van der Waals surface area contributed by atoms with Gasteiger partial charge in [-0.25, -0.2) is 4.39 Å². The summed E-state index contributed by atoms with van der Waals surface area (Å²) in [7, 11) is 1.44. The van der Waals surface area contributed by atoms with Gasteiger partial charge in [-0.2, -0.15) is 0 Å². The van der Waals surface area contributed by atoms with Crippen LogP contribution in [0.4, 0.5) is 4.39 Å². The third kappa shape index (κ3) is 2.19. The first-order valence-electron chi connectivity index (χ1n) is 5.45. The Kier molecular flexibility index (Phi) is 3.29. The van der Waals surface area contributed by atoms with Crippen molar-refractivity contribution in [2.75, 3.05) is 7.11 Å². The van der Waals surface area contributed by atoms with Crippen molar-refractivity contribution in [3.05, 3.63) is 29.6 Å². The minimum Gasteiger partial charge on any atom is -0.496 e. The molecule has 5 nitrogen and oxygen atoms in total. The van der Waals surface area contributed by atoms with Crippen molar-refractivity contribution >= 4 is 11.8 Å². The fraction of sp³-hybridized carbons (Fsp3) is 0.333. The molecule has 1 heterocycles. The normalized spacial score (nSPS) is 19.5. The van der Waals surface area contributed by atoms with E-state index < -0.39 is 17.8 Å². The molecule has 0 bridgehead atoms. The lowest BCUT2D eigenvalue weighted by Crippen LogP contribution is -2.34. The third-order valence-electron chi connectivity index (χ3n) is 2.85. The molecule has 0 aliphatic carbocycles. The third-order valence-corrected chi connectivity index (χ3v) is 2.85. The van der Waals surface area contributed by atoms with Gasteiger partial charge >= 0.3 is 0 Å². The molecule has 1 saturated heterocycles. The van der Waals surface area contributed by atoms with Gasteiger partial charge in [-0.05, 0) is 18.2 Å². The van der Waals surface area contributed by atoms with Crippen molar-refractivity contribution in [3.8, 4) is 5.75 Å². The summed E-state index contributed by atoms with van der Waals surface area (Å²) in [6.07, 6.45) is -0.00351. The maximum Gasteiger partial charge on any atom is 0.246 e. The Balaban J connectivity index is 2.26. The van der Waals surface area contributed by atoms with Crippen molar-refractivity contribution in [1.82, 2.24) is 4.90 Å². The molecule has 1 aromatic carbocycles. The lowest BCUT2D eigenvalue weighted by molar-refractivity contribution is -0.139. The topological polar surface area (TPSA) is 72.6 Å². The smallest absolute Gasteiger partial charge is 0.246 e. The molecule has 2 N–H and O–H groups in total. The maximum atomic E-state index is 13.2. The molecule has 2 amide bonds. The number of nitrogens with zero attached hydrogens (tertiary/aromatic N) is 1. The first-order chi connectivity index (χ1) is 8.52. The molecule has 0 spiro atoms. The van der Waals surface area contributed by atoms with Crippen LogP contribution in [0.1, 0.15) is 12.0 Å². The lowest BCUT2D eigenvalue weighted by atomic mass is 10.2. The highest BCUT2D eigenvalue weighted by molar-refractivity contribution is 6.05. The van der Waals surface area contributed by atoms with E-state index in [1.165, 1.54) is 25.3 Å². The van der Waals surface area contributed by atoms with Crippen LogP contribution in [0.15, 0.2) is 18.2 Å². The van der Waals surface area contributed by atoms with E-state index in [4.69, 9.17) is 10.5 Å². The van der Waals surface area contributed by atoms with E-state index in [9.17, 15) is 14.0 Å². The molecule has 1 aromatic rings. The van der Waals surface area contributed by atoms with Gasteiger partial charge in [0.05, 0.1) is 26.1 Å². The van der Waals surface area contributed by atoms with Gasteiger partial charge in [0.25, 0.3) is 0 Å². The molecule has 1 unspecified atom stereocenters. The second-order valence-corrected chi connectivity index (χ2v) is 4.08. The van der Waals surface area contributed by atoms with Crippen LogP contribution in [0.25, 0.3) is 0 Å². The number of hydrogen-bond acceptors (Lipinski definition) is 4. The van der Waals surface area contributed by atoms with Gasteiger partial charge < -0.3 is 10.5 Å². The summed E-state index contributed by atoms with van der Waals surface area (Å²) in [5, 5.41) is 0. The molecule has 18 heavy (non-hydrogen) atoms. The molecule has 1 atom stereocenters. The zero-order valence-corrected chi connectivity index (χ0v) is 9.85. The Morgan fingerprint density at radius 2 is 2.22 bits per heavy atom. The number of ether oxygens (including phenoxy) is 1. The average Bonchev–Trinajstić information content (AvgIpc) is 2.56. The van der Waals surface area contributed by atoms with E-state index in [-0.39, 0.29) is 18.9 Å². The quantitative estimate of drug-likeness (QED) is 0.791. The minimum absolute atomic E-state index is 0.00351. The number of rotatable bonds is 3. The number of carbonyl (C=O) groups is 2. The molecule has 0 saturated carbocycles. The van der Waals surface area contributed by atoms with Crippen LogP contribution in [-0.2, 0) is 16.1 Å². The van der Waals surface area contributed by atoms with Gasteiger partial charge in [-0.1, -0.05) is 0 Å². The Labute approximate surface area is 103 Å². The molecule has 0 radical (unpaired) electrons. The van der Waals surface area contributed by atoms with Crippen molar-refractivity contribution in [2.24, 2.45) is 5.73 Å². The highest BCUT2D eigenvalue weighted by Crippen LogP contribution is 2.23. The number of likely N-dealkylation sites (tertiary alicyclic amines) is 1. The molecule has 1 fully saturated rings. The standard InChI is InChI=1S/C12H13FN2O3/c1-18-10-3-2-8(13)4-7(10)6-15-11(16)5-9(14)12(15)17/h2-4,9H,5-6,14H2,1H3. The minimum atomic E-state index is -0.794. The molecule has 1 aliphatic heterocycles. The van der Waals surface area contributed by atoms with E-state index in [0.29, 0.717) is 11.3 Å². The molecular formula is C12H13FN2O3. The fourth-order valence-electron chi connectivity index (χ4n) is 1.92. The van der Waals surface area contributed by atoms with Crippen molar-refractivity contribution < 1.29 is 18.7 Å². The van der Waals surface area contributed by atoms with Crippen LogP contribution in [-0.4, -0.2) is 29.9 Å². The van der Waals surface area contributed by atoms with E-state index in [2.05, 4.69) is 0 Å². The second-order valence-electron chi connectivity index (χ2n) is 4.08. The number of imide groups is 1. The number of carbonyl (C=O) groups excluding carboxylic acids is 2. The van der Waals surface area contributed by atoms with Gasteiger partial charge in [0.2, 0.25) is 11.8 Å². The predicted molar refractivity (Wildman–Crippen MR) is 61.1 cm³/mol. The number of benzene rings is 1. The number of methoxy groups -OCH3 is 1. The van der Waals surface area contributed by atoms with Gasteiger partial charge in [0.1, 0.15) is 11.6 Å². The summed E-state index contributed by atoms with van der Waals surface area (Å²) in [6.45, 7) is -0.0215. The Morgan fingerprint density at radius 1 is 1.50 bits per heavy atom. The molecule has 6 heteroatoms. The van der Waals surface area contributed by atoms with Crippen LogP contribution >= 0.6 is 0 Å². The van der Waals surface area contributed by atoms with Gasteiger partial charge in [0, 0.05) is 5.56 Å². The van der Waals surface area contributed by atoms with Crippen LogP contribution in [0, 0.1) is 5.82 Å². The monoisotopic (exact) mass is 252 g/mol. The first kappa shape index (κ1) is 12.5. The van der Waals surface area contributed by atoms with Gasteiger partial charge in [-0.15, -0.1) is 0 Å². The highest BCUT2D eigenvalue weighted by Gasteiger charge is 2.36. The van der Waals surface area contributed by atoms with Crippen molar-refractivity contribution in [2.45, 2.75) is 19.0 Å². The summed E-state index contributed by atoms with van der Waals surface area (Å²) in [4.78, 5) is 24.3. The highest BCUT2D eigenvalue weighted by atomic mass is 19.1. The summed E-state index contributed by atoms with van der Waals surface area (Å²) in [5.74, 6) is -0.809. The number of hydrogen-bond donors (Lipinski definition) is 1. The van der Waals surface area contributed by atoms with Crippen molar-refractivity contribution in [3.63, 3.8) is 0 Å². The fourth-order valence-corrected chi connectivity index (χ4v) is 1.92. The summed E-state index contributed by atoms with van der Waals surface area (Å²) in [6, 6.07) is 3.15. The van der Waals surface area contributed by atoms with Gasteiger partial charge in [0.15, 0.2) is 0 Å². The second kappa shape index (κ2) is 4.73. The zero-order chi connectivity index (χ0) is 13.3. The van der Waals surface area contributed by atoms with Crippen LogP contribution in [0.3, 0.4) is 0 Å². The largest absolute Gasteiger partial charge is 0.496 e. The first-order valence-corrected chi connectivity index (χ1v) is 5.45. The van der Waals surface area contributed by atoms with Gasteiger partial charge in [-0.3, -0.25) is 14.5 Å². The molecule has 0 aromatic heterocycles. The lowest BCUT2D eigenvalue weighted by Gasteiger charge is -2.16. The number of nitrogens with two attached hydrogens (primary N) is 1. The van der Waals surface area contributed by atoms with E-state index in [0.717, 1.165) is 4.90 Å². The van der Waals surface area contributed by atoms with E-state index >= 15 is 0 Å². The zero-order valence-electron chi connectivity index (χ0n) is 9.85. The Bertz CT molecular complexity index is 504. The van der Waals surface area contributed by atoms with E-state index in [1.54, 1.807) is 0 Å². The molecule has 1 aliphatic rings. The SMILES string of the molecule is COc1ccc(F)cc1CN1C(=O)CC(N)C1=O. The van der Waals surface area contributed by atoms with Crippen LogP contribution < -0.4 is 10.5 Å². The van der Waals surface area contributed by atoms with Crippen molar-refractivity contribution in [1.29, 1.82) is 0 Å². The molecule has 96 valence electrons. The van der Waals surface area contributed by atoms with Crippen LogP contribution in [0.2, 0.25) is 0 Å². The molecular weight excluding hydrogens is 239 g/mol. The Hall–Kier alpha value is -1.95. The number of amides is 2. The van der Waals surface area contributed by atoms with Crippen LogP contribution in [0.5, 0.6) is 5.75 Å².